The Morgan fingerprint density at radius 3 is 2.65 bits per heavy atom. The van der Waals surface area contributed by atoms with Crippen LogP contribution in [0.4, 0.5) is 0 Å². The third kappa shape index (κ3) is 2.99. The number of hydrogen-bond acceptors (Lipinski definition) is 3. The molecular formula is C15H14BrNO3. The zero-order valence-electron chi connectivity index (χ0n) is 11.2. The molecule has 0 unspecified atom stereocenters. The second kappa shape index (κ2) is 6.05. The Morgan fingerprint density at radius 2 is 2.05 bits per heavy atom. The molecule has 0 aliphatic heterocycles. The van der Waals surface area contributed by atoms with Gasteiger partial charge in [0.1, 0.15) is 0 Å². The summed E-state index contributed by atoms with van der Waals surface area (Å²) in [6.07, 6.45) is 0. The maximum atomic E-state index is 11.9. The Hall–Kier alpha value is -1.88. The summed E-state index contributed by atoms with van der Waals surface area (Å²) < 4.78 is 7.12. The first-order valence-corrected chi connectivity index (χ1v) is 6.85. The number of benzene rings is 1. The molecule has 0 spiro atoms. The van der Waals surface area contributed by atoms with Gasteiger partial charge in [-0.1, -0.05) is 28.1 Å². The first-order valence-electron chi connectivity index (χ1n) is 6.06. The van der Waals surface area contributed by atoms with Gasteiger partial charge >= 0.3 is 5.97 Å². The fraction of sp³-hybridized carbons (Fsp3) is 0.200. The van der Waals surface area contributed by atoms with Crippen molar-refractivity contribution < 1.29 is 9.53 Å². The molecule has 0 atom stereocenters. The first-order chi connectivity index (χ1) is 9.52. The van der Waals surface area contributed by atoms with Crippen LogP contribution in [-0.4, -0.2) is 17.6 Å². The molecule has 0 N–H and O–H groups in total. The van der Waals surface area contributed by atoms with E-state index < -0.39 is 0 Å². The van der Waals surface area contributed by atoms with Crippen molar-refractivity contribution in [3.05, 3.63) is 68.0 Å². The zero-order chi connectivity index (χ0) is 14.7. The molecule has 2 rings (SSSR count). The highest BCUT2D eigenvalue weighted by molar-refractivity contribution is 9.10. The predicted octanol–water partition coefficient (Wildman–Crippen LogP) is 2.75. The largest absolute Gasteiger partial charge is 0.465 e. The molecule has 0 radical (unpaired) electrons. The summed E-state index contributed by atoms with van der Waals surface area (Å²) in [5, 5.41) is 0. The fourth-order valence-corrected chi connectivity index (χ4v) is 2.42. The van der Waals surface area contributed by atoms with E-state index in [-0.39, 0.29) is 11.5 Å². The van der Waals surface area contributed by atoms with Gasteiger partial charge in [-0.25, -0.2) is 4.79 Å². The van der Waals surface area contributed by atoms with E-state index in [1.54, 1.807) is 22.8 Å². The topological polar surface area (TPSA) is 48.3 Å². The molecule has 0 bridgehead atoms. The molecule has 0 saturated heterocycles. The smallest absolute Gasteiger partial charge is 0.337 e. The highest BCUT2D eigenvalue weighted by atomic mass is 79.9. The minimum Gasteiger partial charge on any atom is -0.465 e. The number of halogens is 1. The Morgan fingerprint density at radius 1 is 1.30 bits per heavy atom. The van der Waals surface area contributed by atoms with Crippen LogP contribution in [0.25, 0.3) is 0 Å². The quantitative estimate of drug-likeness (QED) is 0.810. The summed E-state index contributed by atoms with van der Waals surface area (Å²) in [5.41, 5.74) is 2.24. The van der Waals surface area contributed by atoms with E-state index in [0.717, 1.165) is 15.7 Å². The number of carbonyl (C=O) groups excluding carboxylic acids is 1. The van der Waals surface area contributed by atoms with Crippen molar-refractivity contribution in [1.82, 2.24) is 4.57 Å². The van der Waals surface area contributed by atoms with Crippen molar-refractivity contribution in [2.45, 2.75) is 13.5 Å². The monoisotopic (exact) mass is 335 g/mol. The molecule has 1 aromatic carbocycles. The normalized spacial score (nSPS) is 10.3. The van der Waals surface area contributed by atoms with Crippen LogP contribution in [0.3, 0.4) is 0 Å². The molecule has 0 fully saturated rings. The summed E-state index contributed by atoms with van der Waals surface area (Å²) in [6, 6.07) is 10.4. The Kier molecular flexibility index (Phi) is 4.39. The van der Waals surface area contributed by atoms with E-state index >= 15 is 0 Å². The van der Waals surface area contributed by atoms with Gasteiger partial charge in [0, 0.05) is 16.2 Å². The number of nitrogens with zero attached hydrogens (tertiary/aromatic N) is 1. The standard InChI is InChI=1S/C15H14BrNO3/c1-10-4-3-5-14(18)17(10)9-12-7-6-11(8-13(12)16)15(19)20-2/h3-8H,9H2,1-2H3. The van der Waals surface area contributed by atoms with Crippen LogP contribution in [0.2, 0.25) is 0 Å². The van der Waals surface area contributed by atoms with Crippen LogP contribution in [-0.2, 0) is 11.3 Å². The van der Waals surface area contributed by atoms with Gasteiger partial charge in [-0.2, -0.15) is 0 Å². The summed E-state index contributed by atoms with van der Waals surface area (Å²) in [5.74, 6) is -0.384. The van der Waals surface area contributed by atoms with Gasteiger partial charge in [0.05, 0.1) is 19.2 Å². The number of esters is 1. The lowest BCUT2D eigenvalue weighted by Crippen LogP contribution is -2.21. The SMILES string of the molecule is COC(=O)c1ccc(Cn2c(C)cccc2=O)c(Br)c1. The molecule has 0 saturated carbocycles. The number of rotatable bonds is 3. The van der Waals surface area contributed by atoms with Crippen molar-refractivity contribution in [3.63, 3.8) is 0 Å². The van der Waals surface area contributed by atoms with Crippen LogP contribution in [0.1, 0.15) is 21.6 Å². The Bertz CT molecular complexity index is 707. The van der Waals surface area contributed by atoms with E-state index in [1.165, 1.54) is 13.2 Å². The van der Waals surface area contributed by atoms with Crippen molar-refractivity contribution in [2.24, 2.45) is 0 Å². The highest BCUT2D eigenvalue weighted by Gasteiger charge is 2.09. The third-order valence-corrected chi connectivity index (χ3v) is 3.81. The lowest BCUT2D eigenvalue weighted by Gasteiger charge is -2.11. The number of ether oxygens (including phenoxy) is 1. The first kappa shape index (κ1) is 14.5. The average Bonchev–Trinajstić information content (AvgIpc) is 2.43. The van der Waals surface area contributed by atoms with Crippen molar-refractivity contribution in [3.8, 4) is 0 Å². The molecule has 0 amide bonds. The fourth-order valence-electron chi connectivity index (χ4n) is 1.92. The third-order valence-electron chi connectivity index (χ3n) is 3.07. The number of carbonyl (C=O) groups is 1. The van der Waals surface area contributed by atoms with E-state index in [4.69, 9.17) is 0 Å². The number of aryl methyl sites for hydroxylation is 1. The maximum absolute atomic E-state index is 11.9. The Labute approximate surface area is 125 Å². The number of pyridine rings is 1. The van der Waals surface area contributed by atoms with Crippen molar-refractivity contribution in [2.75, 3.05) is 7.11 Å². The molecule has 1 heterocycles. The van der Waals surface area contributed by atoms with Gasteiger partial charge in [0.2, 0.25) is 0 Å². The lowest BCUT2D eigenvalue weighted by molar-refractivity contribution is 0.0600. The van der Waals surface area contributed by atoms with Crippen LogP contribution < -0.4 is 5.56 Å². The van der Waals surface area contributed by atoms with Crippen molar-refractivity contribution >= 4 is 21.9 Å². The van der Waals surface area contributed by atoms with E-state index in [1.807, 2.05) is 19.1 Å². The molecule has 104 valence electrons. The number of hydrogen-bond donors (Lipinski definition) is 0. The van der Waals surface area contributed by atoms with Gasteiger partial charge in [0.25, 0.3) is 5.56 Å². The minimum absolute atomic E-state index is 0.0473. The summed E-state index contributed by atoms with van der Waals surface area (Å²) in [6.45, 7) is 2.34. The second-order valence-corrected chi connectivity index (χ2v) is 5.24. The summed E-state index contributed by atoms with van der Waals surface area (Å²) in [7, 11) is 1.34. The molecular weight excluding hydrogens is 322 g/mol. The molecule has 2 aromatic rings. The van der Waals surface area contributed by atoms with Crippen LogP contribution in [0.5, 0.6) is 0 Å². The maximum Gasteiger partial charge on any atom is 0.337 e. The molecule has 0 aliphatic rings. The van der Waals surface area contributed by atoms with E-state index in [0.29, 0.717) is 12.1 Å². The second-order valence-electron chi connectivity index (χ2n) is 4.39. The van der Waals surface area contributed by atoms with Crippen molar-refractivity contribution in [1.29, 1.82) is 0 Å². The molecule has 1 aromatic heterocycles. The van der Waals surface area contributed by atoms with Gasteiger partial charge in [0.15, 0.2) is 0 Å². The molecule has 20 heavy (non-hydrogen) atoms. The van der Waals surface area contributed by atoms with Crippen LogP contribution >= 0.6 is 15.9 Å². The summed E-state index contributed by atoms with van der Waals surface area (Å²) in [4.78, 5) is 23.3. The lowest BCUT2D eigenvalue weighted by atomic mass is 10.1. The molecule has 5 heteroatoms. The van der Waals surface area contributed by atoms with Gasteiger partial charge in [-0.15, -0.1) is 0 Å². The molecule has 0 aliphatic carbocycles. The minimum atomic E-state index is -0.384. The number of methoxy groups -OCH3 is 1. The van der Waals surface area contributed by atoms with Crippen LogP contribution in [0, 0.1) is 6.92 Å². The van der Waals surface area contributed by atoms with E-state index in [2.05, 4.69) is 20.7 Å². The number of aromatic nitrogens is 1. The zero-order valence-corrected chi connectivity index (χ0v) is 12.8. The highest BCUT2D eigenvalue weighted by Crippen LogP contribution is 2.20. The summed E-state index contributed by atoms with van der Waals surface area (Å²) >= 11 is 3.43. The van der Waals surface area contributed by atoms with Gasteiger partial charge in [-0.05, 0) is 30.7 Å². The van der Waals surface area contributed by atoms with Gasteiger partial charge < -0.3 is 9.30 Å². The average molecular weight is 336 g/mol. The predicted molar refractivity (Wildman–Crippen MR) is 80.0 cm³/mol. The molecule has 4 nitrogen and oxygen atoms in total. The Balaban J connectivity index is 2.36. The van der Waals surface area contributed by atoms with Crippen LogP contribution in [0.15, 0.2) is 45.7 Å². The van der Waals surface area contributed by atoms with E-state index in [9.17, 15) is 9.59 Å². The van der Waals surface area contributed by atoms with Gasteiger partial charge in [-0.3, -0.25) is 4.79 Å².